The van der Waals surface area contributed by atoms with E-state index in [-0.39, 0.29) is 17.1 Å². The van der Waals surface area contributed by atoms with Crippen LogP contribution in [0.3, 0.4) is 0 Å². The monoisotopic (exact) mass is 312 g/mol. The Balaban J connectivity index is 2.32. The van der Waals surface area contributed by atoms with Crippen LogP contribution in [0.5, 0.6) is 5.75 Å². The molecular formula is C15H15ClF2N2O. The lowest BCUT2D eigenvalue weighted by atomic mass is 10.2. The molecule has 6 heteroatoms. The standard InChI is InChI=1S/C15H15ClF2N2O/c1-2-5-21-15-8-14(12(19)7-11(15)18)20-13-6-9(16)3-4-10(13)17/h3-4,6-8,20H,2,5,19H2,1H3. The van der Waals surface area contributed by atoms with E-state index in [9.17, 15) is 8.78 Å². The molecule has 2 rings (SSSR count). The predicted octanol–water partition coefficient (Wildman–Crippen LogP) is 4.73. The number of ether oxygens (including phenoxy) is 1. The maximum absolute atomic E-state index is 13.7. The zero-order valence-corrected chi connectivity index (χ0v) is 12.2. The number of benzene rings is 2. The zero-order chi connectivity index (χ0) is 15.4. The maximum atomic E-state index is 13.7. The van der Waals surface area contributed by atoms with E-state index in [4.69, 9.17) is 22.1 Å². The second kappa shape index (κ2) is 6.63. The molecule has 21 heavy (non-hydrogen) atoms. The molecule has 0 aliphatic rings. The van der Waals surface area contributed by atoms with Crippen LogP contribution in [0.25, 0.3) is 0 Å². The van der Waals surface area contributed by atoms with Crippen LogP contribution in [0, 0.1) is 11.6 Å². The van der Waals surface area contributed by atoms with Gasteiger partial charge in [0.2, 0.25) is 0 Å². The van der Waals surface area contributed by atoms with Crippen molar-refractivity contribution in [3.8, 4) is 5.75 Å². The fourth-order valence-corrected chi connectivity index (χ4v) is 1.91. The summed E-state index contributed by atoms with van der Waals surface area (Å²) in [4.78, 5) is 0. The molecule has 0 saturated carbocycles. The van der Waals surface area contributed by atoms with Gasteiger partial charge in [-0.25, -0.2) is 8.78 Å². The molecule has 0 heterocycles. The van der Waals surface area contributed by atoms with Crippen molar-refractivity contribution >= 4 is 28.7 Å². The second-order valence-corrected chi connectivity index (χ2v) is 4.90. The van der Waals surface area contributed by atoms with E-state index in [1.54, 1.807) is 0 Å². The van der Waals surface area contributed by atoms with Crippen molar-refractivity contribution in [3.05, 3.63) is 47.0 Å². The third-order valence-electron chi connectivity index (χ3n) is 2.76. The molecule has 2 aromatic rings. The molecule has 3 N–H and O–H groups in total. The Morgan fingerprint density at radius 1 is 1.14 bits per heavy atom. The van der Waals surface area contributed by atoms with Gasteiger partial charge >= 0.3 is 0 Å². The second-order valence-electron chi connectivity index (χ2n) is 4.47. The minimum absolute atomic E-state index is 0.0657. The predicted molar refractivity (Wildman–Crippen MR) is 81.3 cm³/mol. The van der Waals surface area contributed by atoms with Gasteiger partial charge in [0.05, 0.1) is 23.7 Å². The van der Waals surface area contributed by atoms with Crippen LogP contribution in [0.15, 0.2) is 30.3 Å². The Kier molecular flexibility index (Phi) is 4.85. The Bertz CT molecular complexity index is 650. The normalized spacial score (nSPS) is 10.5. The van der Waals surface area contributed by atoms with Gasteiger partial charge < -0.3 is 15.8 Å². The minimum Gasteiger partial charge on any atom is -0.490 e. The lowest BCUT2D eigenvalue weighted by Gasteiger charge is -2.13. The molecule has 0 aliphatic heterocycles. The number of hydrogen-bond donors (Lipinski definition) is 2. The van der Waals surface area contributed by atoms with E-state index in [1.807, 2.05) is 6.92 Å². The SMILES string of the molecule is CCCOc1cc(Nc2cc(Cl)ccc2F)c(N)cc1F. The van der Waals surface area contributed by atoms with Gasteiger partial charge in [0.1, 0.15) is 5.82 Å². The number of nitrogen functional groups attached to an aromatic ring is 1. The smallest absolute Gasteiger partial charge is 0.167 e. The van der Waals surface area contributed by atoms with Crippen molar-refractivity contribution in [2.75, 3.05) is 17.7 Å². The molecular weight excluding hydrogens is 298 g/mol. The van der Waals surface area contributed by atoms with Crippen molar-refractivity contribution in [1.82, 2.24) is 0 Å². The first-order valence-electron chi connectivity index (χ1n) is 6.45. The molecule has 2 aromatic carbocycles. The van der Waals surface area contributed by atoms with Crippen molar-refractivity contribution in [3.63, 3.8) is 0 Å². The molecule has 0 fully saturated rings. The summed E-state index contributed by atoms with van der Waals surface area (Å²) in [5, 5.41) is 3.17. The fraction of sp³-hybridized carbons (Fsp3) is 0.200. The molecule has 0 aliphatic carbocycles. The van der Waals surface area contributed by atoms with Crippen LogP contribution < -0.4 is 15.8 Å². The molecule has 0 atom stereocenters. The largest absolute Gasteiger partial charge is 0.490 e. The summed E-state index contributed by atoms with van der Waals surface area (Å²) in [7, 11) is 0. The summed E-state index contributed by atoms with van der Waals surface area (Å²) < 4.78 is 32.7. The Morgan fingerprint density at radius 3 is 2.62 bits per heavy atom. The van der Waals surface area contributed by atoms with Crippen LogP contribution in [0.2, 0.25) is 5.02 Å². The highest BCUT2D eigenvalue weighted by molar-refractivity contribution is 6.30. The summed E-state index contributed by atoms with van der Waals surface area (Å²) in [6.45, 7) is 2.29. The zero-order valence-electron chi connectivity index (χ0n) is 11.4. The average molecular weight is 313 g/mol. The van der Waals surface area contributed by atoms with Gasteiger partial charge in [-0.05, 0) is 24.6 Å². The summed E-state index contributed by atoms with van der Waals surface area (Å²) in [6, 6.07) is 6.63. The molecule has 0 bridgehead atoms. The van der Waals surface area contributed by atoms with Gasteiger partial charge in [-0.1, -0.05) is 18.5 Å². The third-order valence-corrected chi connectivity index (χ3v) is 3.00. The van der Waals surface area contributed by atoms with E-state index in [2.05, 4.69) is 5.32 Å². The van der Waals surface area contributed by atoms with E-state index in [0.29, 0.717) is 17.3 Å². The summed E-state index contributed by atoms with van der Waals surface area (Å²) >= 11 is 5.83. The van der Waals surface area contributed by atoms with Gasteiger partial charge in [0.25, 0.3) is 0 Å². The van der Waals surface area contributed by atoms with Gasteiger partial charge in [0.15, 0.2) is 11.6 Å². The molecule has 112 valence electrons. The summed E-state index contributed by atoms with van der Waals surface area (Å²) in [5.74, 6) is -0.979. The van der Waals surface area contributed by atoms with Crippen molar-refractivity contribution in [2.45, 2.75) is 13.3 Å². The van der Waals surface area contributed by atoms with Crippen LogP contribution in [0.1, 0.15) is 13.3 Å². The van der Waals surface area contributed by atoms with Gasteiger partial charge in [-0.2, -0.15) is 0 Å². The molecule has 0 saturated heterocycles. The Hall–Kier alpha value is -2.01. The molecule has 0 spiro atoms. The maximum Gasteiger partial charge on any atom is 0.167 e. The Morgan fingerprint density at radius 2 is 1.90 bits per heavy atom. The van der Waals surface area contributed by atoms with Gasteiger partial charge in [0, 0.05) is 17.2 Å². The number of halogens is 3. The lowest BCUT2D eigenvalue weighted by molar-refractivity contribution is 0.301. The average Bonchev–Trinajstić information content (AvgIpc) is 2.44. The van der Waals surface area contributed by atoms with Crippen LogP contribution in [-0.4, -0.2) is 6.61 Å². The first-order valence-corrected chi connectivity index (χ1v) is 6.83. The highest BCUT2D eigenvalue weighted by Gasteiger charge is 2.11. The molecule has 0 unspecified atom stereocenters. The van der Waals surface area contributed by atoms with Crippen LogP contribution >= 0.6 is 11.6 Å². The number of rotatable bonds is 5. The number of hydrogen-bond acceptors (Lipinski definition) is 3. The summed E-state index contributed by atoms with van der Waals surface area (Å²) in [6.07, 6.45) is 0.746. The topological polar surface area (TPSA) is 47.3 Å². The highest BCUT2D eigenvalue weighted by Crippen LogP contribution is 2.32. The fourth-order valence-electron chi connectivity index (χ4n) is 1.74. The highest BCUT2D eigenvalue weighted by atomic mass is 35.5. The van der Waals surface area contributed by atoms with Crippen molar-refractivity contribution in [2.24, 2.45) is 0 Å². The molecule has 0 aromatic heterocycles. The first kappa shape index (κ1) is 15.4. The number of nitrogens with one attached hydrogen (secondary N) is 1. The molecule has 3 nitrogen and oxygen atoms in total. The van der Waals surface area contributed by atoms with E-state index < -0.39 is 11.6 Å². The van der Waals surface area contributed by atoms with Crippen LogP contribution in [-0.2, 0) is 0 Å². The number of nitrogens with two attached hydrogens (primary N) is 1. The molecule has 0 amide bonds. The first-order chi connectivity index (χ1) is 10.0. The summed E-state index contributed by atoms with van der Waals surface area (Å²) in [5.41, 5.74) is 6.40. The number of anilines is 3. The third kappa shape index (κ3) is 3.76. The quantitative estimate of drug-likeness (QED) is 0.784. The Labute approximate surface area is 126 Å². The molecule has 0 radical (unpaired) electrons. The van der Waals surface area contributed by atoms with Crippen molar-refractivity contribution < 1.29 is 13.5 Å². The van der Waals surface area contributed by atoms with E-state index in [1.165, 1.54) is 24.3 Å². The van der Waals surface area contributed by atoms with Crippen molar-refractivity contribution in [1.29, 1.82) is 0 Å². The lowest BCUT2D eigenvalue weighted by Crippen LogP contribution is -2.03. The minimum atomic E-state index is -0.557. The van der Waals surface area contributed by atoms with Gasteiger partial charge in [-0.3, -0.25) is 0 Å². The van der Waals surface area contributed by atoms with E-state index >= 15 is 0 Å². The van der Waals surface area contributed by atoms with Gasteiger partial charge in [-0.15, -0.1) is 0 Å². The van der Waals surface area contributed by atoms with Crippen LogP contribution in [0.4, 0.5) is 25.8 Å². The van der Waals surface area contributed by atoms with E-state index in [0.717, 1.165) is 12.5 Å².